The third-order valence-corrected chi connectivity index (χ3v) is 6.57. The number of carbonyl (C=O) groups is 2. The molecule has 0 radical (unpaired) electrons. The largest absolute Gasteiger partial charge is 0.337 e. The second-order valence-electron chi connectivity index (χ2n) is 6.30. The predicted molar refractivity (Wildman–Crippen MR) is 95.7 cm³/mol. The van der Waals surface area contributed by atoms with Gasteiger partial charge in [-0.15, -0.1) is 22.7 Å². The summed E-state index contributed by atoms with van der Waals surface area (Å²) in [6, 6.07) is 3.72. The summed E-state index contributed by atoms with van der Waals surface area (Å²) in [6.45, 7) is 1.22. The summed E-state index contributed by atoms with van der Waals surface area (Å²) in [4.78, 5) is 33.4. The average molecular weight is 361 g/mol. The van der Waals surface area contributed by atoms with E-state index in [1.54, 1.807) is 16.2 Å². The van der Waals surface area contributed by atoms with Crippen LogP contribution in [0.4, 0.5) is 5.13 Å². The Balaban J connectivity index is 1.39. The number of hydrogen-bond acceptors (Lipinski definition) is 5. The minimum absolute atomic E-state index is 0.00824. The number of amides is 2. The van der Waals surface area contributed by atoms with E-state index in [9.17, 15) is 9.59 Å². The summed E-state index contributed by atoms with van der Waals surface area (Å²) >= 11 is 3.05. The Bertz CT molecular complexity index is 732. The lowest BCUT2D eigenvalue weighted by molar-refractivity contribution is -0.121. The van der Waals surface area contributed by atoms with Gasteiger partial charge in [-0.1, -0.05) is 6.07 Å². The zero-order valence-corrected chi connectivity index (χ0v) is 14.9. The molecule has 2 aromatic rings. The Morgan fingerprint density at radius 1 is 1.29 bits per heavy atom. The maximum Gasteiger partial charge on any atom is 0.263 e. The van der Waals surface area contributed by atoms with Gasteiger partial charge in [-0.2, -0.15) is 0 Å². The van der Waals surface area contributed by atoms with Gasteiger partial charge in [-0.05, 0) is 43.6 Å². The standard InChI is InChI=1S/C17H19N3O2S2/c21-15(19-17-18-12-5-1-6-13(12)24-17)11-4-2-8-20(10-11)16(22)14-7-3-9-23-14/h3,7,9,11H,1-2,4-6,8,10H2,(H,18,19,21)/t11-/m0/s1. The van der Waals surface area contributed by atoms with E-state index >= 15 is 0 Å². The Kier molecular flexibility index (Phi) is 4.37. The minimum Gasteiger partial charge on any atom is -0.337 e. The molecular weight excluding hydrogens is 342 g/mol. The van der Waals surface area contributed by atoms with Crippen LogP contribution in [-0.4, -0.2) is 34.8 Å². The van der Waals surface area contributed by atoms with E-state index in [0.717, 1.165) is 42.8 Å². The zero-order valence-electron chi connectivity index (χ0n) is 13.3. The lowest BCUT2D eigenvalue weighted by Gasteiger charge is -2.31. The molecule has 1 fully saturated rings. The molecule has 1 saturated heterocycles. The van der Waals surface area contributed by atoms with Crippen LogP contribution >= 0.6 is 22.7 Å². The topological polar surface area (TPSA) is 62.3 Å². The van der Waals surface area contributed by atoms with E-state index in [0.29, 0.717) is 11.7 Å². The number of piperidine rings is 1. The van der Waals surface area contributed by atoms with Crippen LogP contribution in [-0.2, 0) is 17.6 Å². The normalized spacial score (nSPS) is 20.0. The summed E-state index contributed by atoms with van der Waals surface area (Å²) in [5.74, 6) is -0.122. The molecule has 5 nitrogen and oxygen atoms in total. The summed E-state index contributed by atoms with van der Waals surface area (Å²) in [6.07, 6.45) is 4.96. The number of anilines is 1. The summed E-state index contributed by atoms with van der Waals surface area (Å²) in [5, 5.41) is 5.59. The van der Waals surface area contributed by atoms with Crippen LogP contribution in [0, 0.1) is 5.92 Å². The number of rotatable bonds is 3. The second kappa shape index (κ2) is 6.64. The molecule has 1 atom stereocenters. The molecular formula is C17H19N3O2S2. The van der Waals surface area contributed by atoms with Crippen molar-refractivity contribution in [1.29, 1.82) is 0 Å². The van der Waals surface area contributed by atoms with Gasteiger partial charge in [0.25, 0.3) is 5.91 Å². The van der Waals surface area contributed by atoms with Crippen molar-refractivity contribution in [2.75, 3.05) is 18.4 Å². The Hall–Kier alpha value is -1.73. The number of nitrogens with zero attached hydrogens (tertiary/aromatic N) is 2. The minimum atomic E-state index is -0.151. The van der Waals surface area contributed by atoms with Crippen molar-refractivity contribution in [3.05, 3.63) is 33.0 Å². The van der Waals surface area contributed by atoms with E-state index in [2.05, 4.69) is 10.3 Å². The van der Waals surface area contributed by atoms with Crippen molar-refractivity contribution >= 4 is 39.6 Å². The number of nitrogens with one attached hydrogen (secondary N) is 1. The van der Waals surface area contributed by atoms with Gasteiger partial charge in [-0.25, -0.2) is 4.98 Å². The number of carbonyl (C=O) groups excluding carboxylic acids is 2. The highest BCUT2D eigenvalue weighted by Crippen LogP contribution is 2.31. The Morgan fingerprint density at radius 2 is 2.21 bits per heavy atom. The lowest BCUT2D eigenvalue weighted by atomic mass is 9.97. The number of aryl methyl sites for hydroxylation is 2. The van der Waals surface area contributed by atoms with Crippen LogP contribution in [0.25, 0.3) is 0 Å². The molecule has 2 aromatic heterocycles. The van der Waals surface area contributed by atoms with E-state index in [4.69, 9.17) is 0 Å². The molecule has 0 unspecified atom stereocenters. The van der Waals surface area contributed by atoms with Crippen LogP contribution in [0.5, 0.6) is 0 Å². The fraction of sp³-hybridized carbons (Fsp3) is 0.471. The molecule has 1 aliphatic heterocycles. The molecule has 0 spiro atoms. The summed E-state index contributed by atoms with van der Waals surface area (Å²) in [7, 11) is 0. The van der Waals surface area contributed by atoms with E-state index < -0.39 is 0 Å². The maximum absolute atomic E-state index is 12.6. The van der Waals surface area contributed by atoms with Gasteiger partial charge < -0.3 is 10.2 Å². The molecule has 0 saturated carbocycles. The molecule has 0 bridgehead atoms. The van der Waals surface area contributed by atoms with Crippen LogP contribution < -0.4 is 5.32 Å². The summed E-state index contributed by atoms with van der Waals surface area (Å²) < 4.78 is 0. The van der Waals surface area contributed by atoms with Crippen molar-refractivity contribution in [1.82, 2.24) is 9.88 Å². The predicted octanol–water partition coefficient (Wildman–Crippen LogP) is 3.18. The van der Waals surface area contributed by atoms with E-state index in [1.807, 2.05) is 17.5 Å². The van der Waals surface area contributed by atoms with Crippen molar-refractivity contribution in [3.8, 4) is 0 Å². The van der Waals surface area contributed by atoms with Gasteiger partial charge in [0.1, 0.15) is 0 Å². The number of fused-ring (bicyclic) bond motifs is 1. The summed E-state index contributed by atoms with van der Waals surface area (Å²) in [5.41, 5.74) is 1.15. The highest BCUT2D eigenvalue weighted by molar-refractivity contribution is 7.16. The van der Waals surface area contributed by atoms with Crippen LogP contribution in [0.1, 0.15) is 39.5 Å². The highest BCUT2D eigenvalue weighted by atomic mass is 32.1. The Labute approximate surface area is 148 Å². The third kappa shape index (κ3) is 3.10. The van der Waals surface area contributed by atoms with Crippen molar-refractivity contribution < 1.29 is 9.59 Å². The van der Waals surface area contributed by atoms with Crippen LogP contribution in [0.2, 0.25) is 0 Å². The van der Waals surface area contributed by atoms with Gasteiger partial charge >= 0.3 is 0 Å². The molecule has 24 heavy (non-hydrogen) atoms. The third-order valence-electron chi connectivity index (χ3n) is 4.64. The highest BCUT2D eigenvalue weighted by Gasteiger charge is 2.30. The van der Waals surface area contributed by atoms with E-state index in [1.165, 1.54) is 22.6 Å². The first kappa shape index (κ1) is 15.8. The van der Waals surface area contributed by atoms with Gasteiger partial charge in [0.05, 0.1) is 16.5 Å². The first-order valence-corrected chi connectivity index (χ1v) is 10.0. The van der Waals surface area contributed by atoms with Crippen LogP contribution in [0.3, 0.4) is 0 Å². The van der Waals surface area contributed by atoms with Gasteiger partial charge in [0, 0.05) is 18.0 Å². The number of likely N-dealkylation sites (tertiary alicyclic amines) is 1. The molecule has 3 heterocycles. The van der Waals surface area contributed by atoms with E-state index in [-0.39, 0.29) is 17.7 Å². The molecule has 4 rings (SSSR count). The van der Waals surface area contributed by atoms with Gasteiger partial charge in [0.15, 0.2) is 5.13 Å². The molecule has 1 aliphatic carbocycles. The number of thiophene rings is 1. The number of thiazole rings is 1. The fourth-order valence-corrected chi connectivity index (χ4v) is 5.13. The first-order valence-electron chi connectivity index (χ1n) is 8.33. The SMILES string of the molecule is O=C(Nc1nc2c(s1)CCC2)[C@H]1CCCN(C(=O)c2cccs2)C1. The quantitative estimate of drug-likeness (QED) is 0.913. The van der Waals surface area contributed by atoms with Crippen molar-refractivity contribution in [3.63, 3.8) is 0 Å². The van der Waals surface area contributed by atoms with Crippen molar-refractivity contribution in [2.24, 2.45) is 5.92 Å². The lowest BCUT2D eigenvalue weighted by Crippen LogP contribution is -2.43. The molecule has 126 valence electrons. The Morgan fingerprint density at radius 3 is 3.00 bits per heavy atom. The molecule has 1 N–H and O–H groups in total. The monoisotopic (exact) mass is 361 g/mol. The maximum atomic E-state index is 12.6. The molecule has 2 amide bonds. The zero-order chi connectivity index (χ0) is 16.5. The van der Waals surface area contributed by atoms with Crippen molar-refractivity contribution in [2.45, 2.75) is 32.1 Å². The smallest absolute Gasteiger partial charge is 0.263 e. The van der Waals surface area contributed by atoms with Gasteiger partial charge in [-0.3, -0.25) is 9.59 Å². The fourth-order valence-electron chi connectivity index (χ4n) is 3.38. The molecule has 7 heteroatoms. The average Bonchev–Trinajstić information content (AvgIpc) is 3.31. The molecule has 0 aromatic carbocycles. The first-order chi connectivity index (χ1) is 11.7. The van der Waals surface area contributed by atoms with Crippen LogP contribution in [0.15, 0.2) is 17.5 Å². The molecule has 2 aliphatic rings. The van der Waals surface area contributed by atoms with Gasteiger partial charge in [0.2, 0.25) is 5.91 Å². The second-order valence-corrected chi connectivity index (χ2v) is 8.33. The number of aromatic nitrogens is 1. The number of hydrogen-bond donors (Lipinski definition) is 1.